The Morgan fingerprint density at radius 3 is 2.30 bits per heavy atom. The summed E-state index contributed by atoms with van der Waals surface area (Å²) in [7, 11) is 2.10. The van der Waals surface area contributed by atoms with E-state index in [0.29, 0.717) is 5.84 Å². The molecule has 0 aliphatic rings. The molecule has 0 atom stereocenters. The van der Waals surface area contributed by atoms with E-state index in [1.165, 1.54) is 16.8 Å². The van der Waals surface area contributed by atoms with Crippen molar-refractivity contribution >= 4 is 11.5 Å². The van der Waals surface area contributed by atoms with Crippen molar-refractivity contribution in [2.45, 2.75) is 40.5 Å². The van der Waals surface area contributed by atoms with Crippen LogP contribution in [0.1, 0.15) is 37.8 Å². The monoisotopic (exact) mass is 277 g/mol. The van der Waals surface area contributed by atoms with E-state index in [1.54, 1.807) is 0 Å². The predicted molar refractivity (Wildman–Crippen MR) is 85.6 cm³/mol. The van der Waals surface area contributed by atoms with E-state index in [0.717, 1.165) is 19.4 Å². The fraction of sp³-hybridized carbons (Fsp3) is 0.562. The Hall–Kier alpha value is -1.71. The van der Waals surface area contributed by atoms with Crippen molar-refractivity contribution in [3.8, 4) is 0 Å². The molecule has 0 fully saturated rings. The van der Waals surface area contributed by atoms with Gasteiger partial charge in [0.05, 0.1) is 0 Å². The van der Waals surface area contributed by atoms with Gasteiger partial charge in [0.15, 0.2) is 0 Å². The smallest absolute Gasteiger partial charge is 0.144 e. The van der Waals surface area contributed by atoms with Crippen LogP contribution in [0.4, 0.5) is 5.69 Å². The van der Waals surface area contributed by atoms with Crippen LogP contribution in [0.2, 0.25) is 0 Å². The SMILES string of the molecule is Cc1cc(C)cc(N(C)CCCC(C)(C)C(N)=NO)c1. The van der Waals surface area contributed by atoms with Gasteiger partial charge in [-0.25, -0.2) is 0 Å². The van der Waals surface area contributed by atoms with E-state index in [2.05, 4.69) is 49.1 Å². The van der Waals surface area contributed by atoms with Crippen LogP contribution in [0.3, 0.4) is 0 Å². The second-order valence-electron chi connectivity index (χ2n) is 6.24. The van der Waals surface area contributed by atoms with Gasteiger partial charge in [-0.3, -0.25) is 0 Å². The normalized spacial score (nSPS) is 12.6. The molecule has 0 radical (unpaired) electrons. The van der Waals surface area contributed by atoms with Gasteiger partial charge in [0.1, 0.15) is 5.84 Å². The molecule has 4 heteroatoms. The molecule has 20 heavy (non-hydrogen) atoms. The Balaban J connectivity index is 2.58. The molecule has 112 valence electrons. The molecule has 0 saturated heterocycles. The van der Waals surface area contributed by atoms with Crippen molar-refractivity contribution in [3.05, 3.63) is 29.3 Å². The second kappa shape index (κ2) is 6.64. The van der Waals surface area contributed by atoms with E-state index in [9.17, 15) is 0 Å². The summed E-state index contributed by atoms with van der Waals surface area (Å²) < 4.78 is 0. The van der Waals surface area contributed by atoms with E-state index in [4.69, 9.17) is 10.9 Å². The average Bonchev–Trinajstić information content (AvgIpc) is 2.36. The maximum absolute atomic E-state index is 8.77. The summed E-state index contributed by atoms with van der Waals surface area (Å²) in [6, 6.07) is 6.57. The molecule has 0 amide bonds. The Bertz CT molecular complexity index is 460. The van der Waals surface area contributed by atoms with E-state index in [1.807, 2.05) is 13.8 Å². The quantitative estimate of drug-likeness (QED) is 0.363. The lowest BCUT2D eigenvalue weighted by Gasteiger charge is -2.25. The van der Waals surface area contributed by atoms with Crippen molar-refractivity contribution in [3.63, 3.8) is 0 Å². The highest BCUT2D eigenvalue weighted by Crippen LogP contribution is 2.24. The molecule has 0 aliphatic carbocycles. The molecular formula is C16H27N3O. The standard InChI is InChI=1S/C16H27N3O/c1-12-9-13(2)11-14(10-12)19(5)8-6-7-16(3,4)15(17)18-20/h9-11,20H,6-8H2,1-5H3,(H2,17,18). The summed E-state index contributed by atoms with van der Waals surface area (Å²) >= 11 is 0. The minimum absolute atomic E-state index is 0.266. The van der Waals surface area contributed by atoms with Gasteiger partial charge in [-0.1, -0.05) is 25.1 Å². The molecule has 1 aromatic rings. The van der Waals surface area contributed by atoms with Crippen molar-refractivity contribution in [2.24, 2.45) is 16.3 Å². The first-order valence-electron chi connectivity index (χ1n) is 7.03. The molecule has 0 aromatic heterocycles. The lowest BCUT2D eigenvalue weighted by Crippen LogP contribution is -2.33. The first-order chi connectivity index (χ1) is 9.26. The fourth-order valence-electron chi connectivity index (χ4n) is 2.32. The number of amidine groups is 1. The molecular weight excluding hydrogens is 250 g/mol. The number of hydrogen-bond donors (Lipinski definition) is 2. The second-order valence-corrected chi connectivity index (χ2v) is 6.24. The molecule has 0 bridgehead atoms. The number of rotatable bonds is 6. The summed E-state index contributed by atoms with van der Waals surface area (Å²) in [6.45, 7) is 9.18. The Morgan fingerprint density at radius 1 is 1.25 bits per heavy atom. The minimum Gasteiger partial charge on any atom is -0.409 e. The van der Waals surface area contributed by atoms with Gasteiger partial charge in [0.2, 0.25) is 0 Å². The number of aryl methyl sites for hydroxylation is 2. The van der Waals surface area contributed by atoms with E-state index < -0.39 is 0 Å². The van der Waals surface area contributed by atoms with Gasteiger partial charge in [-0.15, -0.1) is 0 Å². The third kappa shape index (κ3) is 4.44. The molecule has 0 heterocycles. The fourth-order valence-corrected chi connectivity index (χ4v) is 2.32. The number of anilines is 1. The molecule has 0 aliphatic heterocycles. The van der Waals surface area contributed by atoms with Crippen LogP contribution in [0.15, 0.2) is 23.4 Å². The zero-order chi connectivity index (χ0) is 15.3. The van der Waals surface area contributed by atoms with E-state index in [-0.39, 0.29) is 5.41 Å². The number of oxime groups is 1. The number of hydrogen-bond acceptors (Lipinski definition) is 3. The number of nitrogens with zero attached hydrogens (tertiary/aromatic N) is 2. The molecule has 1 rings (SSSR count). The number of nitrogens with two attached hydrogens (primary N) is 1. The zero-order valence-electron chi connectivity index (χ0n) is 13.3. The summed E-state index contributed by atoms with van der Waals surface area (Å²) in [5.41, 5.74) is 9.24. The van der Waals surface area contributed by atoms with Gasteiger partial charge in [-0.2, -0.15) is 0 Å². The molecule has 4 nitrogen and oxygen atoms in total. The highest BCUT2D eigenvalue weighted by atomic mass is 16.4. The van der Waals surface area contributed by atoms with Crippen LogP contribution in [-0.4, -0.2) is 24.6 Å². The summed E-state index contributed by atoms with van der Waals surface area (Å²) in [5, 5.41) is 11.9. The lowest BCUT2D eigenvalue weighted by molar-refractivity contribution is 0.305. The van der Waals surface area contributed by atoms with Gasteiger partial charge in [-0.05, 0) is 49.9 Å². The van der Waals surface area contributed by atoms with Crippen LogP contribution in [-0.2, 0) is 0 Å². The zero-order valence-corrected chi connectivity index (χ0v) is 13.3. The molecule has 1 aromatic carbocycles. The average molecular weight is 277 g/mol. The van der Waals surface area contributed by atoms with Crippen molar-refractivity contribution in [1.29, 1.82) is 0 Å². The minimum atomic E-state index is -0.266. The van der Waals surface area contributed by atoms with Crippen LogP contribution in [0, 0.1) is 19.3 Å². The van der Waals surface area contributed by atoms with Gasteiger partial charge in [0.25, 0.3) is 0 Å². The largest absolute Gasteiger partial charge is 0.409 e. The molecule has 0 spiro atoms. The maximum atomic E-state index is 8.77. The molecule has 3 N–H and O–H groups in total. The van der Waals surface area contributed by atoms with Crippen molar-refractivity contribution in [2.75, 3.05) is 18.5 Å². The topological polar surface area (TPSA) is 61.8 Å². The summed E-state index contributed by atoms with van der Waals surface area (Å²) in [6.07, 6.45) is 1.88. The Morgan fingerprint density at radius 2 is 1.80 bits per heavy atom. The van der Waals surface area contributed by atoms with Crippen LogP contribution >= 0.6 is 0 Å². The van der Waals surface area contributed by atoms with Gasteiger partial charge in [0, 0.05) is 24.7 Å². The number of benzene rings is 1. The molecule has 0 saturated carbocycles. The first-order valence-corrected chi connectivity index (χ1v) is 7.03. The molecule has 0 unspecified atom stereocenters. The third-order valence-corrected chi connectivity index (χ3v) is 3.74. The predicted octanol–water partition coefficient (Wildman–Crippen LogP) is 3.29. The highest BCUT2D eigenvalue weighted by Gasteiger charge is 2.23. The lowest BCUT2D eigenvalue weighted by atomic mass is 9.86. The van der Waals surface area contributed by atoms with Crippen LogP contribution in [0.25, 0.3) is 0 Å². The van der Waals surface area contributed by atoms with E-state index >= 15 is 0 Å². The first kappa shape index (κ1) is 16.3. The van der Waals surface area contributed by atoms with Crippen LogP contribution < -0.4 is 10.6 Å². The summed E-state index contributed by atoms with van der Waals surface area (Å²) in [5.74, 6) is 0.298. The highest BCUT2D eigenvalue weighted by molar-refractivity contribution is 5.85. The van der Waals surface area contributed by atoms with Crippen LogP contribution in [0.5, 0.6) is 0 Å². The Labute approximate surface area is 122 Å². The maximum Gasteiger partial charge on any atom is 0.144 e. The summed E-state index contributed by atoms with van der Waals surface area (Å²) in [4.78, 5) is 2.25. The Kier molecular flexibility index (Phi) is 5.43. The van der Waals surface area contributed by atoms with Crippen molar-refractivity contribution < 1.29 is 5.21 Å². The van der Waals surface area contributed by atoms with Gasteiger partial charge >= 0.3 is 0 Å². The van der Waals surface area contributed by atoms with Crippen molar-refractivity contribution in [1.82, 2.24) is 0 Å². The van der Waals surface area contributed by atoms with Gasteiger partial charge < -0.3 is 15.8 Å². The third-order valence-electron chi connectivity index (χ3n) is 3.74.